The molecule has 1 saturated carbocycles. The van der Waals surface area contributed by atoms with Gasteiger partial charge in [-0.05, 0) is 18.3 Å². The number of carboxylic acid groups (broad SMARTS) is 1. The van der Waals surface area contributed by atoms with Crippen LogP contribution < -0.4 is 10.6 Å². The van der Waals surface area contributed by atoms with Gasteiger partial charge in [-0.2, -0.15) is 0 Å². The number of amides is 2. The number of rotatable bonds is 5. The molecule has 1 aliphatic rings. The Labute approximate surface area is 119 Å². The monoisotopic (exact) mass is 284 g/mol. The van der Waals surface area contributed by atoms with Crippen molar-refractivity contribution < 1.29 is 19.5 Å². The Morgan fingerprint density at radius 2 is 1.65 bits per heavy atom. The van der Waals surface area contributed by atoms with Gasteiger partial charge in [0.05, 0.1) is 6.54 Å². The summed E-state index contributed by atoms with van der Waals surface area (Å²) in [5.74, 6) is -1.65. The lowest BCUT2D eigenvalue weighted by atomic mass is 9.92. The predicted octanol–water partition coefficient (Wildman–Crippen LogP) is 1.05. The quantitative estimate of drug-likeness (QED) is 0.703. The second kappa shape index (κ2) is 6.24. The molecule has 6 nitrogen and oxygen atoms in total. The van der Waals surface area contributed by atoms with Crippen LogP contribution in [0.5, 0.6) is 0 Å². The summed E-state index contributed by atoms with van der Waals surface area (Å²) < 4.78 is 0. The van der Waals surface area contributed by atoms with E-state index in [9.17, 15) is 19.5 Å². The van der Waals surface area contributed by atoms with E-state index in [1.165, 1.54) is 0 Å². The fourth-order valence-electron chi connectivity index (χ4n) is 2.40. The molecule has 0 radical (unpaired) electrons. The first kappa shape index (κ1) is 16.5. The maximum Gasteiger partial charge on any atom is 0.329 e. The molecule has 6 heteroatoms. The first-order valence-electron chi connectivity index (χ1n) is 6.96. The molecule has 0 aliphatic heterocycles. The minimum atomic E-state index is -1.15. The Morgan fingerprint density at radius 1 is 1.10 bits per heavy atom. The van der Waals surface area contributed by atoms with Gasteiger partial charge < -0.3 is 15.7 Å². The maximum absolute atomic E-state index is 11.8. The van der Waals surface area contributed by atoms with E-state index in [0.29, 0.717) is 19.3 Å². The van der Waals surface area contributed by atoms with Gasteiger partial charge in [-0.1, -0.05) is 33.6 Å². The number of carbonyl (C=O) groups is 3. The van der Waals surface area contributed by atoms with Crippen molar-refractivity contribution in [3.05, 3.63) is 0 Å². The molecular weight excluding hydrogens is 260 g/mol. The van der Waals surface area contributed by atoms with Crippen molar-refractivity contribution in [2.45, 2.75) is 58.4 Å². The summed E-state index contributed by atoms with van der Waals surface area (Å²) in [6, 6.07) is 0. The van der Waals surface area contributed by atoms with E-state index in [-0.39, 0.29) is 17.9 Å². The molecule has 1 rings (SSSR count). The lowest BCUT2D eigenvalue weighted by Gasteiger charge is -2.25. The van der Waals surface area contributed by atoms with Gasteiger partial charge in [0.2, 0.25) is 11.8 Å². The zero-order valence-corrected chi connectivity index (χ0v) is 12.4. The Morgan fingerprint density at radius 3 is 2.10 bits per heavy atom. The zero-order valence-electron chi connectivity index (χ0n) is 12.4. The molecule has 2 amide bonds. The number of carboxylic acids is 1. The summed E-state index contributed by atoms with van der Waals surface area (Å²) >= 11 is 0. The predicted molar refractivity (Wildman–Crippen MR) is 74.1 cm³/mol. The van der Waals surface area contributed by atoms with E-state index in [2.05, 4.69) is 10.6 Å². The third kappa shape index (κ3) is 4.83. The standard InChI is InChI=1S/C14H24N2O4/c1-13(2,3)8-10(17)15-9-11(18)16-14(12(19)20)6-4-5-7-14/h4-9H2,1-3H3,(H,15,17)(H,16,18)(H,19,20). The SMILES string of the molecule is CC(C)(C)CC(=O)NCC(=O)NC1(C(=O)O)CCCC1. The van der Waals surface area contributed by atoms with Crippen LogP contribution in [-0.2, 0) is 14.4 Å². The molecular formula is C14H24N2O4. The van der Waals surface area contributed by atoms with Gasteiger partial charge in [0.15, 0.2) is 0 Å². The normalized spacial score (nSPS) is 17.6. The number of carbonyl (C=O) groups excluding carboxylic acids is 2. The van der Waals surface area contributed by atoms with Crippen LogP contribution >= 0.6 is 0 Å². The van der Waals surface area contributed by atoms with Gasteiger partial charge in [-0.25, -0.2) is 4.79 Å². The Kier molecular flexibility index (Phi) is 5.14. The number of hydrogen-bond acceptors (Lipinski definition) is 3. The Bertz CT molecular complexity index is 392. The van der Waals surface area contributed by atoms with Gasteiger partial charge in [0.25, 0.3) is 0 Å². The van der Waals surface area contributed by atoms with Crippen LogP contribution in [0.2, 0.25) is 0 Å². The summed E-state index contributed by atoms with van der Waals surface area (Å²) in [5.41, 5.74) is -1.29. The summed E-state index contributed by atoms with van der Waals surface area (Å²) in [6.07, 6.45) is 2.81. The smallest absolute Gasteiger partial charge is 0.329 e. The maximum atomic E-state index is 11.8. The lowest BCUT2D eigenvalue weighted by Crippen LogP contribution is -2.54. The highest BCUT2D eigenvalue weighted by molar-refractivity contribution is 5.90. The highest BCUT2D eigenvalue weighted by atomic mass is 16.4. The Hall–Kier alpha value is -1.59. The van der Waals surface area contributed by atoms with Crippen molar-refractivity contribution >= 4 is 17.8 Å². The third-order valence-corrected chi connectivity index (χ3v) is 3.38. The lowest BCUT2D eigenvalue weighted by molar-refractivity contribution is -0.147. The van der Waals surface area contributed by atoms with E-state index in [0.717, 1.165) is 12.8 Å². The molecule has 0 aromatic rings. The molecule has 114 valence electrons. The van der Waals surface area contributed by atoms with Crippen molar-refractivity contribution in [2.24, 2.45) is 5.41 Å². The highest BCUT2D eigenvalue weighted by Crippen LogP contribution is 2.29. The molecule has 20 heavy (non-hydrogen) atoms. The van der Waals surface area contributed by atoms with Gasteiger partial charge in [0, 0.05) is 6.42 Å². The van der Waals surface area contributed by atoms with E-state index in [4.69, 9.17) is 0 Å². The van der Waals surface area contributed by atoms with Crippen LogP contribution in [-0.4, -0.2) is 35.0 Å². The van der Waals surface area contributed by atoms with Gasteiger partial charge in [-0.15, -0.1) is 0 Å². The van der Waals surface area contributed by atoms with E-state index in [1.54, 1.807) is 0 Å². The van der Waals surface area contributed by atoms with Gasteiger partial charge in [0.1, 0.15) is 5.54 Å². The highest BCUT2D eigenvalue weighted by Gasteiger charge is 2.42. The van der Waals surface area contributed by atoms with Gasteiger partial charge >= 0.3 is 5.97 Å². The van der Waals surface area contributed by atoms with Crippen LogP contribution in [0.4, 0.5) is 0 Å². The molecule has 0 heterocycles. The van der Waals surface area contributed by atoms with E-state index >= 15 is 0 Å². The largest absolute Gasteiger partial charge is 0.480 e. The van der Waals surface area contributed by atoms with Crippen LogP contribution in [0.25, 0.3) is 0 Å². The third-order valence-electron chi connectivity index (χ3n) is 3.38. The van der Waals surface area contributed by atoms with Crippen LogP contribution in [0.1, 0.15) is 52.9 Å². The average molecular weight is 284 g/mol. The minimum absolute atomic E-state index is 0.145. The van der Waals surface area contributed by atoms with Crippen molar-refractivity contribution in [3.8, 4) is 0 Å². The van der Waals surface area contributed by atoms with Crippen LogP contribution in [0.15, 0.2) is 0 Å². The minimum Gasteiger partial charge on any atom is -0.480 e. The summed E-state index contributed by atoms with van der Waals surface area (Å²) in [7, 11) is 0. The van der Waals surface area contributed by atoms with E-state index < -0.39 is 17.4 Å². The van der Waals surface area contributed by atoms with Gasteiger partial charge in [-0.3, -0.25) is 9.59 Å². The molecule has 1 aliphatic carbocycles. The van der Waals surface area contributed by atoms with Crippen LogP contribution in [0.3, 0.4) is 0 Å². The molecule has 0 bridgehead atoms. The fraction of sp³-hybridized carbons (Fsp3) is 0.786. The summed E-state index contributed by atoms with van der Waals surface area (Å²) in [4.78, 5) is 34.7. The Balaban J connectivity index is 2.44. The average Bonchev–Trinajstić information content (AvgIpc) is 2.74. The zero-order chi connectivity index (χ0) is 15.4. The molecule has 1 fully saturated rings. The molecule has 0 atom stereocenters. The van der Waals surface area contributed by atoms with Crippen molar-refractivity contribution in [3.63, 3.8) is 0 Å². The van der Waals surface area contributed by atoms with E-state index in [1.807, 2.05) is 20.8 Å². The van der Waals surface area contributed by atoms with Crippen molar-refractivity contribution in [2.75, 3.05) is 6.54 Å². The molecule has 3 N–H and O–H groups in total. The first-order chi connectivity index (χ1) is 9.15. The number of aliphatic carboxylic acids is 1. The number of hydrogen-bond donors (Lipinski definition) is 3. The molecule has 0 saturated heterocycles. The van der Waals surface area contributed by atoms with Crippen molar-refractivity contribution in [1.82, 2.24) is 10.6 Å². The number of nitrogens with one attached hydrogen (secondary N) is 2. The van der Waals surface area contributed by atoms with Crippen molar-refractivity contribution in [1.29, 1.82) is 0 Å². The molecule has 0 spiro atoms. The summed E-state index contributed by atoms with van der Waals surface area (Å²) in [6.45, 7) is 5.63. The molecule has 0 unspecified atom stereocenters. The first-order valence-corrected chi connectivity index (χ1v) is 6.96. The topological polar surface area (TPSA) is 95.5 Å². The second-order valence-corrected chi connectivity index (χ2v) is 6.66. The van der Waals surface area contributed by atoms with Crippen LogP contribution in [0, 0.1) is 5.41 Å². The summed E-state index contributed by atoms with van der Waals surface area (Å²) in [5, 5.41) is 14.3. The molecule has 0 aromatic carbocycles. The second-order valence-electron chi connectivity index (χ2n) is 6.66. The molecule has 0 aromatic heterocycles. The fourth-order valence-corrected chi connectivity index (χ4v) is 2.40.